The summed E-state index contributed by atoms with van der Waals surface area (Å²) < 4.78 is 0. The number of hydrogen-bond donors (Lipinski definition) is 2. The zero-order chi connectivity index (χ0) is 8.69. The van der Waals surface area contributed by atoms with Crippen LogP contribution in [0.5, 0.6) is 0 Å². The highest BCUT2D eigenvalue weighted by atomic mass is 16.4. The van der Waals surface area contributed by atoms with Gasteiger partial charge >= 0.3 is 5.97 Å². The molecule has 0 rings (SSSR count). The molecule has 1 unspecified atom stereocenters. The fourth-order valence-corrected chi connectivity index (χ4v) is 0.775. The van der Waals surface area contributed by atoms with Crippen molar-refractivity contribution in [2.24, 2.45) is 10.7 Å². The summed E-state index contributed by atoms with van der Waals surface area (Å²) in [5, 5.41) is 8.51. The topological polar surface area (TPSA) is 75.7 Å². The van der Waals surface area contributed by atoms with E-state index in [0.29, 0.717) is 13.0 Å². The van der Waals surface area contributed by atoms with Gasteiger partial charge in [-0.15, -0.1) is 0 Å². The van der Waals surface area contributed by atoms with Crippen LogP contribution < -0.4 is 5.73 Å². The third kappa shape index (κ3) is 4.50. The molecule has 0 radical (unpaired) electrons. The maximum atomic E-state index is 10.4. The second-order valence-electron chi connectivity index (χ2n) is 2.32. The first kappa shape index (κ1) is 10.1. The predicted molar refractivity (Wildman–Crippen MR) is 43.9 cm³/mol. The van der Waals surface area contributed by atoms with E-state index in [0.717, 1.165) is 12.8 Å². The molecule has 0 bridgehead atoms. The minimum absolute atomic E-state index is 0.538. The van der Waals surface area contributed by atoms with Gasteiger partial charge in [-0.3, -0.25) is 4.99 Å². The average Bonchev–Trinajstić information content (AvgIpc) is 1.97. The lowest BCUT2D eigenvalue weighted by Crippen LogP contribution is -2.17. The van der Waals surface area contributed by atoms with Crippen LogP contribution in [0.15, 0.2) is 4.99 Å². The van der Waals surface area contributed by atoms with Crippen molar-refractivity contribution in [1.29, 1.82) is 0 Å². The summed E-state index contributed by atoms with van der Waals surface area (Å²) in [6, 6.07) is -0.651. The van der Waals surface area contributed by atoms with Crippen LogP contribution >= 0.6 is 0 Å². The number of hydrogen-bond acceptors (Lipinski definition) is 3. The molecule has 0 heterocycles. The molecule has 11 heavy (non-hydrogen) atoms. The summed E-state index contributed by atoms with van der Waals surface area (Å²) >= 11 is 0. The first-order valence-electron chi connectivity index (χ1n) is 3.61. The highest BCUT2D eigenvalue weighted by Crippen LogP contribution is 2.03. The van der Waals surface area contributed by atoms with E-state index < -0.39 is 12.0 Å². The molecular weight excluding hydrogens is 144 g/mol. The molecule has 0 aromatic rings. The number of rotatable bonds is 6. The predicted octanol–water partition coefficient (Wildman–Crippen LogP) is 0.269. The molecule has 64 valence electrons. The van der Waals surface area contributed by atoms with Crippen LogP contribution in [0.25, 0.3) is 0 Å². The van der Waals surface area contributed by atoms with Crippen LogP contribution in [-0.2, 0) is 4.79 Å². The Morgan fingerprint density at radius 3 is 2.64 bits per heavy atom. The number of aliphatic imine (C=N–C) groups is 1. The van der Waals surface area contributed by atoms with Crippen LogP contribution in [-0.4, -0.2) is 30.4 Å². The van der Waals surface area contributed by atoms with E-state index in [9.17, 15) is 4.79 Å². The number of carboxylic acids is 1. The average molecular weight is 158 g/mol. The summed E-state index contributed by atoms with van der Waals surface area (Å²) in [7, 11) is 0. The maximum Gasteiger partial charge on any atom is 0.328 e. The third-order valence-electron chi connectivity index (χ3n) is 1.44. The minimum atomic E-state index is -0.906. The minimum Gasteiger partial charge on any atom is -0.480 e. The van der Waals surface area contributed by atoms with Crippen molar-refractivity contribution < 1.29 is 9.90 Å². The van der Waals surface area contributed by atoms with Crippen LogP contribution in [0.2, 0.25) is 0 Å². The lowest BCUT2D eigenvalue weighted by atomic mass is 10.1. The molecule has 0 fully saturated rings. The molecule has 0 saturated carbocycles. The summed E-state index contributed by atoms with van der Waals surface area (Å²) in [5.74, 6) is -0.906. The van der Waals surface area contributed by atoms with Gasteiger partial charge < -0.3 is 10.8 Å². The zero-order valence-corrected chi connectivity index (χ0v) is 6.49. The Bertz CT molecular complexity index is 136. The quantitative estimate of drug-likeness (QED) is 0.430. The van der Waals surface area contributed by atoms with E-state index in [2.05, 4.69) is 11.7 Å². The molecule has 0 aliphatic heterocycles. The van der Waals surface area contributed by atoms with Crippen LogP contribution in [0, 0.1) is 0 Å². The largest absolute Gasteiger partial charge is 0.480 e. The van der Waals surface area contributed by atoms with Gasteiger partial charge in [0.25, 0.3) is 0 Å². The molecule has 4 heteroatoms. The number of nitrogens with two attached hydrogens (primary N) is 1. The van der Waals surface area contributed by atoms with Gasteiger partial charge in [0, 0.05) is 0 Å². The van der Waals surface area contributed by atoms with Crippen LogP contribution in [0.1, 0.15) is 19.3 Å². The highest BCUT2D eigenvalue weighted by molar-refractivity contribution is 5.74. The van der Waals surface area contributed by atoms with Gasteiger partial charge in [0.1, 0.15) is 6.04 Å². The summed E-state index contributed by atoms with van der Waals surface area (Å²) in [6.45, 7) is 3.80. The Labute approximate surface area is 66.1 Å². The van der Waals surface area contributed by atoms with Gasteiger partial charge in [-0.1, -0.05) is 0 Å². The zero-order valence-electron chi connectivity index (χ0n) is 6.49. The maximum absolute atomic E-state index is 10.4. The van der Waals surface area contributed by atoms with Gasteiger partial charge in [0.2, 0.25) is 0 Å². The first-order valence-corrected chi connectivity index (χ1v) is 3.61. The van der Waals surface area contributed by atoms with Gasteiger partial charge in [-0.05, 0) is 32.5 Å². The van der Waals surface area contributed by atoms with E-state index >= 15 is 0 Å². The molecule has 0 aromatic heterocycles. The molecule has 1 atom stereocenters. The molecular formula is C7H14N2O2. The smallest absolute Gasteiger partial charge is 0.328 e. The molecule has 0 aliphatic rings. The Hall–Kier alpha value is -0.900. The van der Waals surface area contributed by atoms with E-state index in [1.165, 1.54) is 0 Å². The van der Waals surface area contributed by atoms with Crippen molar-refractivity contribution in [2.45, 2.75) is 25.3 Å². The number of aliphatic carboxylic acids is 1. The van der Waals surface area contributed by atoms with Gasteiger partial charge in [-0.2, -0.15) is 0 Å². The number of unbranched alkanes of at least 4 members (excludes halogenated alkanes) is 1. The van der Waals surface area contributed by atoms with E-state index in [4.69, 9.17) is 10.8 Å². The summed E-state index contributed by atoms with van der Waals surface area (Å²) in [5.41, 5.74) is 5.24. The SMILES string of the molecule is C=NC(CCCCN)C(=O)O. The second-order valence-corrected chi connectivity index (χ2v) is 2.32. The molecule has 0 amide bonds. The van der Waals surface area contributed by atoms with Crippen molar-refractivity contribution in [2.75, 3.05) is 6.54 Å². The van der Waals surface area contributed by atoms with Gasteiger partial charge in [0.15, 0.2) is 0 Å². The van der Waals surface area contributed by atoms with Crippen molar-refractivity contribution in [3.05, 3.63) is 0 Å². The van der Waals surface area contributed by atoms with Gasteiger partial charge in [-0.25, -0.2) is 4.79 Å². The van der Waals surface area contributed by atoms with Crippen molar-refractivity contribution in [3.8, 4) is 0 Å². The van der Waals surface area contributed by atoms with Crippen molar-refractivity contribution in [3.63, 3.8) is 0 Å². The lowest BCUT2D eigenvalue weighted by molar-refractivity contribution is -0.138. The first-order chi connectivity index (χ1) is 5.22. The Kier molecular flexibility index (Phi) is 5.37. The normalized spacial score (nSPS) is 12.5. The Balaban J connectivity index is 3.52. The Morgan fingerprint density at radius 1 is 1.64 bits per heavy atom. The third-order valence-corrected chi connectivity index (χ3v) is 1.44. The molecule has 4 nitrogen and oxygen atoms in total. The van der Waals surface area contributed by atoms with Crippen molar-refractivity contribution in [1.82, 2.24) is 0 Å². The molecule has 0 aromatic carbocycles. The Morgan fingerprint density at radius 2 is 2.27 bits per heavy atom. The summed E-state index contributed by atoms with van der Waals surface area (Å²) in [4.78, 5) is 13.8. The molecule has 0 saturated heterocycles. The number of nitrogens with zero attached hydrogens (tertiary/aromatic N) is 1. The number of carbonyl (C=O) groups is 1. The fourth-order valence-electron chi connectivity index (χ4n) is 0.775. The molecule has 0 aliphatic carbocycles. The standard InChI is InChI=1S/C7H14N2O2/c1-9-6(7(10)11)4-2-3-5-8/h6H,1-5,8H2,(H,10,11). The van der Waals surface area contributed by atoms with Crippen LogP contribution in [0.4, 0.5) is 0 Å². The number of carboxylic acid groups (broad SMARTS) is 1. The molecule has 3 N–H and O–H groups in total. The van der Waals surface area contributed by atoms with Crippen molar-refractivity contribution >= 4 is 12.7 Å². The monoisotopic (exact) mass is 158 g/mol. The van der Waals surface area contributed by atoms with E-state index in [1.54, 1.807) is 0 Å². The highest BCUT2D eigenvalue weighted by Gasteiger charge is 2.12. The lowest BCUT2D eigenvalue weighted by Gasteiger charge is -2.04. The van der Waals surface area contributed by atoms with Crippen LogP contribution in [0.3, 0.4) is 0 Å². The van der Waals surface area contributed by atoms with Gasteiger partial charge in [0.05, 0.1) is 0 Å². The second kappa shape index (κ2) is 5.85. The van der Waals surface area contributed by atoms with E-state index in [1.807, 2.05) is 0 Å². The fraction of sp³-hybridized carbons (Fsp3) is 0.714. The van der Waals surface area contributed by atoms with E-state index in [-0.39, 0.29) is 0 Å². The molecule has 0 spiro atoms. The summed E-state index contributed by atoms with van der Waals surface area (Å²) in [6.07, 6.45) is 2.18.